The zero-order valence-corrected chi connectivity index (χ0v) is 13.7. The first-order valence-corrected chi connectivity index (χ1v) is 8.36. The van der Waals surface area contributed by atoms with Crippen LogP contribution in [0.15, 0.2) is 12.4 Å². The van der Waals surface area contributed by atoms with Crippen molar-refractivity contribution >= 4 is 22.7 Å². The van der Waals surface area contributed by atoms with E-state index < -0.39 is 0 Å². The summed E-state index contributed by atoms with van der Waals surface area (Å²) in [6.07, 6.45) is 8.55. The van der Waals surface area contributed by atoms with Gasteiger partial charge in [0.25, 0.3) is 0 Å². The van der Waals surface area contributed by atoms with Gasteiger partial charge < -0.3 is 9.64 Å². The molecular formula is C17H22N4O2. The van der Waals surface area contributed by atoms with Gasteiger partial charge in [-0.05, 0) is 38.0 Å². The number of carbonyl (C=O) groups excluding carboxylic acids is 1. The molecule has 0 unspecified atom stereocenters. The third-order valence-corrected chi connectivity index (χ3v) is 5.16. The molecule has 0 aromatic carbocycles. The molecule has 1 spiro atoms. The Morgan fingerprint density at radius 3 is 2.91 bits per heavy atom. The Morgan fingerprint density at radius 2 is 2.17 bits per heavy atom. The lowest BCUT2D eigenvalue weighted by Crippen LogP contribution is -2.37. The summed E-state index contributed by atoms with van der Waals surface area (Å²) in [5.74, 6) is -0.295. The summed E-state index contributed by atoms with van der Waals surface area (Å²) in [4.78, 5) is 19.2. The monoisotopic (exact) mass is 314 g/mol. The average molecular weight is 314 g/mol. The van der Waals surface area contributed by atoms with Gasteiger partial charge in [0, 0.05) is 26.3 Å². The number of ether oxygens (including phenoxy) is 1. The smallest absolute Gasteiger partial charge is 0.341 e. The van der Waals surface area contributed by atoms with Gasteiger partial charge in [0.2, 0.25) is 0 Å². The number of aryl methyl sites for hydroxylation is 1. The van der Waals surface area contributed by atoms with Gasteiger partial charge in [-0.15, -0.1) is 0 Å². The van der Waals surface area contributed by atoms with Crippen molar-refractivity contribution in [3.8, 4) is 0 Å². The van der Waals surface area contributed by atoms with Crippen LogP contribution in [-0.4, -0.2) is 40.4 Å². The van der Waals surface area contributed by atoms with Gasteiger partial charge in [0.15, 0.2) is 5.65 Å². The number of piperidine rings is 1. The fraction of sp³-hybridized carbons (Fsp3) is 0.588. The molecule has 6 nitrogen and oxygen atoms in total. The van der Waals surface area contributed by atoms with Crippen LogP contribution < -0.4 is 4.90 Å². The van der Waals surface area contributed by atoms with Crippen molar-refractivity contribution in [2.24, 2.45) is 12.5 Å². The molecule has 0 N–H and O–H groups in total. The van der Waals surface area contributed by atoms with E-state index in [0.29, 0.717) is 17.6 Å². The second kappa shape index (κ2) is 5.22. The van der Waals surface area contributed by atoms with Gasteiger partial charge in [-0.25, -0.2) is 9.78 Å². The molecule has 1 saturated heterocycles. The normalized spacial score (nSPS) is 19.3. The summed E-state index contributed by atoms with van der Waals surface area (Å²) >= 11 is 0. The number of rotatable bonds is 3. The largest absolute Gasteiger partial charge is 0.462 e. The van der Waals surface area contributed by atoms with Gasteiger partial charge >= 0.3 is 5.97 Å². The maximum Gasteiger partial charge on any atom is 0.341 e. The van der Waals surface area contributed by atoms with Crippen molar-refractivity contribution < 1.29 is 9.53 Å². The van der Waals surface area contributed by atoms with Crippen LogP contribution in [0.2, 0.25) is 0 Å². The Balaban J connectivity index is 1.83. The van der Waals surface area contributed by atoms with Gasteiger partial charge in [0.05, 0.1) is 23.9 Å². The van der Waals surface area contributed by atoms with Crippen LogP contribution in [0.25, 0.3) is 11.0 Å². The molecule has 4 rings (SSSR count). The van der Waals surface area contributed by atoms with Crippen LogP contribution in [-0.2, 0) is 11.8 Å². The lowest BCUT2D eigenvalue weighted by molar-refractivity contribution is 0.0526. The standard InChI is InChI=1S/C17H22N4O2/c1-3-23-16(22)13-9-18-15-12(10-19-20(15)2)14(13)21-8-4-5-17(11-21)6-7-17/h9-10H,3-8,11H2,1-2H3. The molecule has 2 aliphatic rings. The first kappa shape index (κ1) is 14.5. The van der Waals surface area contributed by atoms with Crippen molar-refractivity contribution in [3.05, 3.63) is 18.0 Å². The van der Waals surface area contributed by atoms with Crippen LogP contribution in [0, 0.1) is 5.41 Å². The van der Waals surface area contributed by atoms with Gasteiger partial charge in [0.1, 0.15) is 5.56 Å². The lowest BCUT2D eigenvalue weighted by atomic mass is 9.94. The molecule has 23 heavy (non-hydrogen) atoms. The molecule has 6 heteroatoms. The van der Waals surface area contributed by atoms with Crippen molar-refractivity contribution in [3.63, 3.8) is 0 Å². The Bertz CT molecular complexity index is 763. The highest BCUT2D eigenvalue weighted by Gasteiger charge is 2.46. The summed E-state index contributed by atoms with van der Waals surface area (Å²) < 4.78 is 7.00. The summed E-state index contributed by atoms with van der Waals surface area (Å²) in [6, 6.07) is 0. The first-order valence-electron chi connectivity index (χ1n) is 8.36. The van der Waals surface area contributed by atoms with Crippen molar-refractivity contribution in [1.29, 1.82) is 0 Å². The second-order valence-electron chi connectivity index (χ2n) is 6.77. The summed E-state index contributed by atoms with van der Waals surface area (Å²) in [5, 5.41) is 5.27. The summed E-state index contributed by atoms with van der Waals surface area (Å²) in [6.45, 7) is 4.19. The van der Waals surface area contributed by atoms with E-state index >= 15 is 0 Å². The van der Waals surface area contributed by atoms with Crippen molar-refractivity contribution in [1.82, 2.24) is 14.8 Å². The van der Waals surface area contributed by atoms with Crippen LogP contribution in [0.4, 0.5) is 5.69 Å². The summed E-state index contributed by atoms with van der Waals surface area (Å²) in [7, 11) is 1.88. The second-order valence-corrected chi connectivity index (χ2v) is 6.77. The minimum Gasteiger partial charge on any atom is -0.462 e. The Kier molecular flexibility index (Phi) is 3.28. The zero-order chi connectivity index (χ0) is 16.0. The number of esters is 1. The molecular weight excluding hydrogens is 292 g/mol. The SMILES string of the molecule is CCOC(=O)c1cnc2c(cnn2C)c1N1CCCC2(CC2)C1. The van der Waals surface area contributed by atoms with E-state index in [-0.39, 0.29) is 5.97 Å². The van der Waals surface area contributed by atoms with Gasteiger partial charge in [-0.3, -0.25) is 4.68 Å². The molecule has 1 aliphatic heterocycles. The van der Waals surface area contributed by atoms with Crippen LogP contribution in [0.1, 0.15) is 43.0 Å². The quantitative estimate of drug-likeness (QED) is 0.815. The number of fused-ring (bicyclic) bond motifs is 1. The molecule has 1 saturated carbocycles. The third-order valence-electron chi connectivity index (χ3n) is 5.16. The maximum atomic E-state index is 12.4. The summed E-state index contributed by atoms with van der Waals surface area (Å²) in [5.41, 5.74) is 2.79. The molecule has 0 amide bonds. The molecule has 3 heterocycles. The van der Waals surface area contributed by atoms with E-state index in [9.17, 15) is 4.79 Å². The van der Waals surface area contributed by atoms with E-state index in [1.54, 1.807) is 10.9 Å². The number of anilines is 1. The number of aromatic nitrogens is 3. The molecule has 122 valence electrons. The van der Waals surface area contributed by atoms with Crippen LogP contribution in [0.5, 0.6) is 0 Å². The third kappa shape index (κ3) is 2.36. The minimum atomic E-state index is -0.295. The van der Waals surface area contributed by atoms with E-state index in [2.05, 4.69) is 15.0 Å². The molecule has 0 atom stereocenters. The number of nitrogens with zero attached hydrogens (tertiary/aromatic N) is 4. The Labute approximate surface area is 135 Å². The molecule has 0 bridgehead atoms. The number of pyridine rings is 1. The van der Waals surface area contributed by atoms with Crippen molar-refractivity contribution in [2.45, 2.75) is 32.6 Å². The van der Waals surface area contributed by atoms with E-state index in [1.807, 2.05) is 20.2 Å². The lowest BCUT2D eigenvalue weighted by Gasteiger charge is -2.35. The average Bonchev–Trinajstić information content (AvgIpc) is 3.18. The highest BCUT2D eigenvalue weighted by Crippen LogP contribution is 2.53. The number of hydrogen-bond acceptors (Lipinski definition) is 5. The molecule has 0 radical (unpaired) electrons. The fourth-order valence-electron chi connectivity index (χ4n) is 3.77. The molecule has 1 aliphatic carbocycles. The Morgan fingerprint density at radius 1 is 1.35 bits per heavy atom. The van der Waals surface area contributed by atoms with E-state index in [4.69, 9.17) is 4.74 Å². The highest BCUT2D eigenvalue weighted by molar-refractivity contribution is 6.04. The van der Waals surface area contributed by atoms with Gasteiger partial charge in [-0.1, -0.05) is 0 Å². The van der Waals surface area contributed by atoms with Crippen LogP contribution >= 0.6 is 0 Å². The van der Waals surface area contributed by atoms with E-state index in [1.165, 1.54) is 25.7 Å². The van der Waals surface area contributed by atoms with E-state index in [0.717, 1.165) is 29.8 Å². The minimum absolute atomic E-state index is 0.295. The fourth-order valence-corrected chi connectivity index (χ4v) is 3.77. The molecule has 2 aromatic heterocycles. The first-order chi connectivity index (χ1) is 11.1. The van der Waals surface area contributed by atoms with Crippen LogP contribution in [0.3, 0.4) is 0 Å². The highest BCUT2D eigenvalue weighted by atomic mass is 16.5. The molecule has 2 fully saturated rings. The van der Waals surface area contributed by atoms with Crippen molar-refractivity contribution in [2.75, 3.05) is 24.6 Å². The maximum absolute atomic E-state index is 12.4. The number of carbonyl (C=O) groups is 1. The molecule has 2 aromatic rings. The Hall–Kier alpha value is -2.11. The predicted octanol–water partition coefficient (Wildman–Crippen LogP) is 2.53. The predicted molar refractivity (Wildman–Crippen MR) is 87.6 cm³/mol. The topological polar surface area (TPSA) is 60.2 Å². The number of hydrogen-bond donors (Lipinski definition) is 0. The zero-order valence-electron chi connectivity index (χ0n) is 13.7. The van der Waals surface area contributed by atoms with Gasteiger partial charge in [-0.2, -0.15) is 5.10 Å².